The van der Waals surface area contributed by atoms with Crippen molar-refractivity contribution in [3.63, 3.8) is 0 Å². The molecular formula is C17H14F3N3O3S. The zero-order chi connectivity index (χ0) is 19.8. The van der Waals surface area contributed by atoms with Crippen LogP contribution in [-0.2, 0) is 16.2 Å². The highest BCUT2D eigenvalue weighted by molar-refractivity contribution is 7.93. The molecule has 0 spiro atoms. The third-order valence-corrected chi connectivity index (χ3v) is 5.26. The van der Waals surface area contributed by atoms with Crippen molar-refractivity contribution in [1.82, 2.24) is 4.98 Å². The summed E-state index contributed by atoms with van der Waals surface area (Å²) in [5.74, 6) is 0.495. The van der Waals surface area contributed by atoms with Crippen LogP contribution < -0.4 is 15.2 Å². The van der Waals surface area contributed by atoms with E-state index in [1.165, 1.54) is 19.4 Å². The smallest absolute Gasteiger partial charge is 0.416 e. The molecule has 0 aliphatic rings. The monoisotopic (exact) mass is 397 g/mol. The number of nitrogens with one attached hydrogen (secondary N) is 1. The Kier molecular flexibility index (Phi) is 4.60. The molecule has 0 amide bonds. The number of rotatable bonds is 4. The maximum Gasteiger partial charge on any atom is 0.416 e. The van der Waals surface area contributed by atoms with E-state index in [1.54, 1.807) is 18.2 Å². The van der Waals surface area contributed by atoms with Gasteiger partial charge in [-0.1, -0.05) is 6.07 Å². The lowest BCUT2D eigenvalue weighted by atomic mass is 10.2. The Morgan fingerprint density at radius 3 is 2.52 bits per heavy atom. The zero-order valence-electron chi connectivity index (χ0n) is 13.9. The molecule has 6 nitrogen and oxygen atoms in total. The Balaban J connectivity index is 2.05. The number of hydrogen-bond acceptors (Lipinski definition) is 5. The van der Waals surface area contributed by atoms with Crippen molar-refractivity contribution in [3.8, 4) is 5.75 Å². The van der Waals surface area contributed by atoms with Gasteiger partial charge in [-0.3, -0.25) is 9.71 Å². The van der Waals surface area contributed by atoms with Crippen LogP contribution in [0.2, 0.25) is 0 Å². The lowest BCUT2D eigenvalue weighted by Gasteiger charge is -2.14. The summed E-state index contributed by atoms with van der Waals surface area (Å²) in [6, 6.07) is 8.46. The van der Waals surface area contributed by atoms with E-state index in [9.17, 15) is 21.6 Å². The quantitative estimate of drug-likeness (QED) is 0.656. The molecule has 142 valence electrons. The minimum atomic E-state index is -4.63. The molecule has 0 unspecified atom stereocenters. The van der Waals surface area contributed by atoms with Crippen LogP contribution in [0.5, 0.6) is 5.75 Å². The van der Waals surface area contributed by atoms with Gasteiger partial charge < -0.3 is 10.5 Å². The zero-order valence-corrected chi connectivity index (χ0v) is 14.7. The number of aromatic nitrogens is 1. The molecule has 1 aromatic heterocycles. The van der Waals surface area contributed by atoms with E-state index in [2.05, 4.69) is 9.71 Å². The van der Waals surface area contributed by atoms with Crippen LogP contribution in [0.15, 0.2) is 53.6 Å². The first-order valence-corrected chi connectivity index (χ1v) is 9.03. The summed E-state index contributed by atoms with van der Waals surface area (Å²) < 4.78 is 71.1. The fourth-order valence-electron chi connectivity index (χ4n) is 2.58. The topological polar surface area (TPSA) is 94.3 Å². The molecule has 3 aromatic rings. The molecule has 0 aliphatic heterocycles. The number of benzene rings is 2. The van der Waals surface area contributed by atoms with Gasteiger partial charge in [-0.05, 0) is 36.4 Å². The van der Waals surface area contributed by atoms with E-state index >= 15 is 0 Å². The Morgan fingerprint density at radius 2 is 1.89 bits per heavy atom. The predicted molar refractivity (Wildman–Crippen MR) is 95.0 cm³/mol. The van der Waals surface area contributed by atoms with Gasteiger partial charge in [0.2, 0.25) is 0 Å². The maximum absolute atomic E-state index is 12.7. The molecule has 27 heavy (non-hydrogen) atoms. The minimum absolute atomic E-state index is 0.144. The van der Waals surface area contributed by atoms with Gasteiger partial charge in [0.05, 0.1) is 29.6 Å². The summed E-state index contributed by atoms with van der Waals surface area (Å²) in [5, 5.41) is 0.570. The Hall–Kier alpha value is -3.01. The van der Waals surface area contributed by atoms with E-state index in [-0.39, 0.29) is 5.69 Å². The van der Waals surface area contributed by atoms with E-state index < -0.39 is 32.3 Å². The largest absolute Gasteiger partial charge is 0.496 e. The molecule has 10 heteroatoms. The number of anilines is 2. The number of alkyl halides is 3. The van der Waals surface area contributed by atoms with E-state index in [0.717, 1.165) is 6.07 Å². The van der Waals surface area contributed by atoms with Crippen LogP contribution >= 0.6 is 0 Å². The number of nitrogens with zero attached hydrogens (tertiary/aromatic N) is 1. The van der Waals surface area contributed by atoms with Crippen LogP contribution in [-0.4, -0.2) is 20.5 Å². The molecular weight excluding hydrogens is 383 g/mol. The summed E-state index contributed by atoms with van der Waals surface area (Å²) in [4.78, 5) is 3.69. The molecule has 0 fully saturated rings. The third kappa shape index (κ3) is 3.61. The molecule has 0 radical (unpaired) electrons. The second kappa shape index (κ2) is 6.62. The molecule has 1 heterocycles. The number of nitrogen functional groups attached to an aromatic ring is 1. The molecule has 0 saturated heterocycles. The number of fused-ring (bicyclic) bond motifs is 1. The van der Waals surface area contributed by atoms with Gasteiger partial charge in [-0.15, -0.1) is 0 Å². The van der Waals surface area contributed by atoms with Crippen molar-refractivity contribution < 1.29 is 26.3 Å². The summed E-state index contributed by atoms with van der Waals surface area (Å²) >= 11 is 0. The van der Waals surface area contributed by atoms with Gasteiger partial charge in [0.15, 0.2) is 0 Å². The molecule has 0 atom stereocenters. The fraction of sp³-hybridized carbons (Fsp3) is 0.118. The number of sulfonamides is 1. The summed E-state index contributed by atoms with van der Waals surface area (Å²) in [6.45, 7) is 0. The number of nitrogens with two attached hydrogens (primary N) is 1. The number of hydrogen-bond donors (Lipinski definition) is 2. The summed E-state index contributed by atoms with van der Waals surface area (Å²) in [7, 11) is -2.77. The van der Waals surface area contributed by atoms with Crippen LogP contribution in [0.4, 0.5) is 24.5 Å². The molecule has 3 N–H and O–H groups in total. The predicted octanol–water partition coefficient (Wildman–Crippen LogP) is 3.65. The van der Waals surface area contributed by atoms with Gasteiger partial charge in [-0.2, -0.15) is 13.2 Å². The van der Waals surface area contributed by atoms with Gasteiger partial charge in [0, 0.05) is 11.6 Å². The van der Waals surface area contributed by atoms with Crippen LogP contribution in [0.3, 0.4) is 0 Å². The second-order valence-corrected chi connectivity index (χ2v) is 7.22. The van der Waals surface area contributed by atoms with E-state index in [1.807, 2.05) is 0 Å². The first-order valence-electron chi connectivity index (χ1n) is 7.55. The number of methoxy groups -OCH3 is 1. The van der Waals surface area contributed by atoms with Crippen molar-refractivity contribution in [3.05, 3.63) is 54.2 Å². The number of halogens is 3. The fourth-order valence-corrected chi connectivity index (χ4v) is 3.76. The molecule has 0 aliphatic carbocycles. The summed E-state index contributed by atoms with van der Waals surface area (Å²) in [6.07, 6.45) is -3.18. The lowest BCUT2D eigenvalue weighted by Crippen LogP contribution is -2.16. The van der Waals surface area contributed by atoms with E-state index in [4.69, 9.17) is 10.5 Å². The first-order chi connectivity index (χ1) is 12.6. The minimum Gasteiger partial charge on any atom is -0.496 e. The van der Waals surface area contributed by atoms with Crippen molar-refractivity contribution >= 4 is 32.3 Å². The highest BCUT2D eigenvalue weighted by Crippen LogP contribution is 2.34. The van der Waals surface area contributed by atoms with Crippen molar-refractivity contribution in [2.24, 2.45) is 0 Å². The van der Waals surface area contributed by atoms with Crippen molar-refractivity contribution in [2.75, 3.05) is 17.6 Å². The van der Waals surface area contributed by atoms with Crippen LogP contribution in [0.25, 0.3) is 10.9 Å². The maximum atomic E-state index is 12.7. The van der Waals surface area contributed by atoms with Crippen LogP contribution in [0.1, 0.15) is 5.56 Å². The Labute approximate surface area is 152 Å². The number of pyridine rings is 1. The average molecular weight is 397 g/mol. The lowest BCUT2D eigenvalue weighted by molar-refractivity contribution is -0.137. The molecule has 0 bridgehead atoms. The Bertz CT molecular complexity index is 1120. The van der Waals surface area contributed by atoms with Gasteiger partial charge in [0.1, 0.15) is 10.6 Å². The molecule has 2 aromatic carbocycles. The molecule has 3 rings (SSSR count). The first kappa shape index (κ1) is 18.8. The van der Waals surface area contributed by atoms with Gasteiger partial charge in [-0.25, -0.2) is 8.42 Å². The highest BCUT2D eigenvalue weighted by Gasteiger charge is 2.32. The SMILES string of the molecule is COc1ccnc2c(NS(=O)(=O)c3ccc(C(F)(F)F)cc3N)cccc12. The normalized spacial score (nSPS) is 12.1. The van der Waals surface area contributed by atoms with Gasteiger partial charge >= 0.3 is 6.18 Å². The standard InChI is InChI=1S/C17H14F3N3O3S/c1-26-14-7-8-22-16-11(14)3-2-4-13(16)23-27(24,25)15-6-5-10(9-12(15)21)17(18,19)20/h2-9,23H,21H2,1H3. The van der Waals surface area contributed by atoms with E-state index in [0.29, 0.717) is 28.8 Å². The van der Waals surface area contributed by atoms with Crippen molar-refractivity contribution in [1.29, 1.82) is 0 Å². The number of para-hydroxylation sites is 1. The molecule has 0 saturated carbocycles. The number of ether oxygens (including phenoxy) is 1. The van der Waals surface area contributed by atoms with Gasteiger partial charge in [0.25, 0.3) is 10.0 Å². The second-order valence-electron chi connectivity index (χ2n) is 5.57. The van der Waals surface area contributed by atoms with Crippen molar-refractivity contribution in [2.45, 2.75) is 11.1 Å². The third-order valence-electron chi connectivity index (χ3n) is 3.82. The van der Waals surface area contributed by atoms with Crippen LogP contribution in [0, 0.1) is 0 Å². The highest BCUT2D eigenvalue weighted by atomic mass is 32.2. The Morgan fingerprint density at radius 1 is 1.15 bits per heavy atom. The average Bonchev–Trinajstić information content (AvgIpc) is 2.60. The summed E-state index contributed by atoms with van der Waals surface area (Å²) in [5.41, 5.74) is 4.49.